The van der Waals surface area contributed by atoms with Gasteiger partial charge in [0.2, 0.25) is 5.91 Å². The number of nitrogens with zero attached hydrogens (tertiary/aromatic N) is 2. The number of benzene rings is 1. The molecule has 3 nitrogen and oxygen atoms in total. The first-order valence-corrected chi connectivity index (χ1v) is 6.40. The molecule has 0 N–H and O–H groups in total. The Hall–Kier alpha value is -1.87. The molecule has 2 rings (SSSR count). The van der Waals surface area contributed by atoms with Crippen LogP contribution in [0.4, 0.5) is 0 Å². The minimum absolute atomic E-state index is 0.0686. The minimum atomic E-state index is 0.0686. The molecular weight excluding hydrogens is 260 g/mol. The second kappa shape index (κ2) is 6.34. The van der Waals surface area contributed by atoms with E-state index in [4.69, 9.17) is 11.6 Å². The Morgan fingerprint density at radius 1 is 1.21 bits per heavy atom. The number of halogens is 1. The van der Waals surface area contributed by atoms with Crippen LogP contribution in [0.25, 0.3) is 0 Å². The maximum Gasteiger partial charge on any atom is 0.227 e. The summed E-state index contributed by atoms with van der Waals surface area (Å²) >= 11 is 5.91. The number of hydrogen-bond acceptors (Lipinski definition) is 2. The molecule has 19 heavy (non-hydrogen) atoms. The highest BCUT2D eigenvalue weighted by molar-refractivity contribution is 6.30. The predicted octanol–water partition coefficient (Wildman–Crippen LogP) is 2.94. The maximum atomic E-state index is 12.1. The fourth-order valence-electron chi connectivity index (χ4n) is 1.81. The van der Waals surface area contributed by atoms with Gasteiger partial charge < -0.3 is 4.90 Å². The van der Waals surface area contributed by atoms with Crippen molar-refractivity contribution < 1.29 is 4.79 Å². The summed E-state index contributed by atoms with van der Waals surface area (Å²) in [5.74, 6) is 0.0686. The molecule has 0 aliphatic heterocycles. The average Bonchev–Trinajstić information content (AvgIpc) is 2.40. The first-order chi connectivity index (χ1) is 9.15. The first kappa shape index (κ1) is 13.6. The summed E-state index contributed by atoms with van der Waals surface area (Å²) in [6.45, 7) is 0.585. The van der Waals surface area contributed by atoms with Crippen LogP contribution in [0.5, 0.6) is 0 Å². The van der Waals surface area contributed by atoms with Crippen molar-refractivity contribution in [3.8, 4) is 0 Å². The zero-order valence-corrected chi connectivity index (χ0v) is 11.5. The number of pyridine rings is 1. The highest BCUT2D eigenvalue weighted by atomic mass is 35.5. The fourth-order valence-corrected chi connectivity index (χ4v) is 2.02. The molecule has 0 saturated carbocycles. The highest BCUT2D eigenvalue weighted by Gasteiger charge is 2.10. The zero-order valence-electron chi connectivity index (χ0n) is 10.7. The molecule has 0 atom stereocenters. The van der Waals surface area contributed by atoms with Gasteiger partial charge in [-0.3, -0.25) is 9.78 Å². The third kappa shape index (κ3) is 4.07. The first-order valence-electron chi connectivity index (χ1n) is 6.02. The van der Waals surface area contributed by atoms with E-state index in [1.165, 1.54) is 0 Å². The topological polar surface area (TPSA) is 33.2 Å². The number of likely N-dealkylation sites (N-methyl/N-ethyl adjacent to an activating group) is 1. The van der Waals surface area contributed by atoms with Crippen LogP contribution in [0, 0.1) is 0 Å². The Balaban J connectivity index is 1.96. The lowest BCUT2D eigenvalue weighted by molar-refractivity contribution is -0.129. The Morgan fingerprint density at radius 3 is 2.63 bits per heavy atom. The largest absolute Gasteiger partial charge is 0.341 e. The third-order valence-electron chi connectivity index (χ3n) is 2.84. The van der Waals surface area contributed by atoms with E-state index in [2.05, 4.69) is 4.98 Å². The standard InChI is InChI=1S/C15H15ClN2O/c1-18(11-12-5-7-17-8-6-12)15(19)10-13-3-2-4-14(16)9-13/h2-9H,10-11H2,1H3. The molecule has 2 aromatic rings. The van der Waals surface area contributed by atoms with E-state index in [0.29, 0.717) is 18.0 Å². The van der Waals surface area contributed by atoms with Gasteiger partial charge in [-0.05, 0) is 35.4 Å². The van der Waals surface area contributed by atoms with E-state index < -0.39 is 0 Å². The molecule has 0 radical (unpaired) electrons. The van der Waals surface area contributed by atoms with Gasteiger partial charge in [-0.2, -0.15) is 0 Å². The summed E-state index contributed by atoms with van der Waals surface area (Å²) in [5, 5.41) is 0.655. The molecule has 0 saturated heterocycles. The Labute approximate surface area is 117 Å². The van der Waals surface area contributed by atoms with E-state index >= 15 is 0 Å². The Morgan fingerprint density at radius 2 is 1.95 bits per heavy atom. The van der Waals surface area contributed by atoms with Crippen LogP contribution in [-0.2, 0) is 17.8 Å². The van der Waals surface area contributed by atoms with E-state index in [0.717, 1.165) is 11.1 Å². The second-order valence-electron chi connectivity index (χ2n) is 4.41. The summed E-state index contributed by atoms with van der Waals surface area (Å²) in [6, 6.07) is 11.2. The summed E-state index contributed by atoms with van der Waals surface area (Å²) in [6.07, 6.45) is 3.82. The molecule has 4 heteroatoms. The monoisotopic (exact) mass is 274 g/mol. The fraction of sp³-hybridized carbons (Fsp3) is 0.200. The van der Waals surface area contributed by atoms with E-state index in [-0.39, 0.29) is 5.91 Å². The molecule has 1 aromatic carbocycles. The lowest BCUT2D eigenvalue weighted by Crippen LogP contribution is -2.27. The van der Waals surface area contributed by atoms with Gasteiger partial charge in [-0.1, -0.05) is 23.7 Å². The average molecular weight is 275 g/mol. The number of aromatic nitrogens is 1. The maximum absolute atomic E-state index is 12.1. The normalized spacial score (nSPS) is 10.2. The van der Waals surface area contributed by atoms with E-state index in [1.807, 2.05) is 30.3 Å². The third-order valence-corrected chi connectivity index (χ3v) is 3.07. The molecule has 1 aromatic heterocycles. The summed E-state index contributed by atoms with van der Waals surface area (Å²) < 4.78 is 0. The van der Waals surface area contributed by atoms with Gasteiger partial charge in [0.1, 0.15) is 0 Å². The molecular formula is C15H15ClN2O. The van der Waals surface area contributed by atoms with Crippen LogP contribution < -0.4 is 0 Å². The van der Waals surface area contributed by atoms with Crippen molar-refractivity contribution in [2.24, 2.45) is 0 Å². The molecule has 1 heterocycles. The Bertz CT molecular complexity index is 557. The smallest absolute Gasteiger partial charge is 0.227 e. The van der Waals surface area contributed by atoms with Crippen LogP contribution in [0.1, 0.15) is 11.1 Å². The SMILES string of the molecule is CN(Cc1ccncc1)C(=O)Cc1cccc(Cl)c1. The van der Waals surface area contributed by atoms with E-state index in [1.54, 1.807) is 30.4 Å². The number of carbonyl (C=O) groups excluding carboxylic acids is 1. The molecule has 0 aliphatic rings. The van der Waals surface area contributed by atoms with Crippen LogP contribution in [0.2, 0.25) is 5.02 Å². The van der Waals surface area contributed by atoms with E-state index in [9.17, 15) is 4.79 Å². The molecule has 0 bridgehead atoms. The second-order valence-corrected chi connectivity index (χ2v) is 4.85. The van der Waals surface area contributed by atoms with Crippen molar-refractivity contribution in [3.63, 3.8) is 0 Å². The van der Waals surface area contributed by atoms with Crippen molar-refractivity contribution in [3.05, 3.63) is 64.9 Å². The highest BCUT2D eigenvalue weighted by Crippen LogP contribution is 2.12. The van der Waals surface area contributed by atoms with Crippen molar-refractivity contribution in [2.75, 3.05) is 7.05 Å². The van der Waals surface area contributed by atoms with Gasteiger partial charge >= 0.3 is 0 Å². The van der Waals surface area contributed by atoms with Crippen LogP contribution in [0.3, 0.4) is 0 Å². The molecule has 0 fully saturated rings. The number of amides is 1. The van der Waals surface area contributed by atoms with Gasteiger partial charge in [0.15, 0.2) is 0 Å². The van der Waals surface area contributed by atoms with Crippen molar-refractivity contribution in [2.45, 2.75) is 13.0 Å². The number of hydrogen-bond donors (Lipinski definition) is 0. The van der Waals surface area contributed by atoms with Crippen molar-refractivity contribution in [1.29, 1.82) is 0 Å². The van der Waals surface area contributed by atoms with Crippen LogP contribution in [0.15, 0.2) is 48.8 Å². The summed E-state index contributed by atoms with van der Waals surface area (Å²) in [7, 11) is 1.80. The summed E-state index contributed by atoms with van der Waals surface area (Å²) in [4.78, 5) is 17.8. The van der Waals surface area contributed by atoms with Crippen molar-refractivity contribution >= 4 is 17.5 Å². The zero-order chi connectivity index (χ0) is 13.7. The molecule has 0 aliphatic carbocycles. The minimum Gasteiger partial charge on any atom is -0.341 e. The molecule has 98 valence electrons. The summed E-state index contributed by atoms with van der Waals surface area (Å²) in [5.41, 5.74) is 2.00. The predicted molar refractivity (Wildman–Crippen MR) is 75.9 cm³/mol. The Kier molecular flexibility index (Phi) is 4.53. The van der Waals surface area contributed by atoms with Crippen molar-refractivity contribution in [1.82, 2.24) is 9.88 Å². The quantitative estimate of drug-likeness (QED) is 0.859. The lowest BCUT2D eigenvalue weighted by Gasteiger charge is -2.17. The van der Waals surface area contributed by atoms with Gasteiger partial charge in [-0.25, -0.2) is 0 Å². The van der Waals surface area contributed by atoms with Gasteiger partial charge in [0.05, 0.1) is 6.42 Å². The molecule has 1 amide bonds. The van der Waals surface area contributed by atoms with Gasteiger partial charge in [0.25, 0.3) is 0 Å². The van der Waals surface area contributed by atoms with Crippen LogP contribution in [-0.4, -0.2) is 22.8 Å². The lowest BCUT2D eigenvalue weighted by atomic mass is 10.1. The number of carbonyl (C=O) groups is 1. The van der Waals surface area contributed by atoms with Gasteiger partial charge in [0, 0.05) is 31.0 Å². The molecule has 0 unspecified atom stereocenters. The van der Waals surface area contributed by atoms with Crippen LogP contribution >= 0.6 is 11.6 Å². The van der Waals surface area contributed by atoms with Gasteiger partial charge in [-0.15, -0.1) is 0 Å². The number of rotatable bonds is 4. The molecule has 0 spiro atoms.